The molecule has 11 nitrogen and oxygen atoms in total. The van der Waals surface area contributed by atoms with Gasteiger partial charge in [-0.1, -0.05) is 65.5 Å². The first-order valence-corrected chi connectivity index (χ1v) is 22.9. The zero-order valence-corrected chi connectivity index (χ0v) is 40.7. The third kappa shape index (κ3) is 16.7. The highest BCUT2D eigenvalue weighted by atomic mass is 32.2. The van der Waals surface area contributed by atoms with Crippen molar-refractivity contribution in [1.29, 1.82) is 0 Å². The average Bonchev–Trinajstić information content (AvgIpc) is 3.26. The number of hydrogen-bond acceptors (Lipinski definition) is 15. The lowest BCUT2D eigenvalue weighted by atomic mass is 10.2. The molecule has 1 unspecified atom stereocenters. The normalized spacial score (nSPS) is 13.4. The fraction of sp³-hybridized carbons (Fsp3) is 0.319. The van der Waals surface area contributed by atoms with Gasteiger partial charge >= 0.3 is 23.9 Å². The highest BCUT2D eigenvalue weighted by Gasteiger charge is 2.26. The van der Waals surface area contributed by atoms with E-state index in [-0.39, 0.29) is 29.1 Å². The number of thioether (sulfide) groups is 4. The number of hydrogen-bond donors (Lipinski definition) is 2. The number of aryl methyl sites for hydroxylation is 6. The highest BCUT2D eigenvalue weighted by molar-refractivity contribution is 8.04. The molecular formula is C47H57N3O8S4. The van der Waals surface area contributed by atoms with E-state index >= 15 is 0 Å². The van der Waals surface area contributed by atoms with Crippen LogP contribution in [0.15, 0.2) is 115 Å². The van der Waals surface area contributed by atoms with Crippen LogP contribution in [0.2, 0.25) is 0 Å². The van der Waals surface area contributed by atoms with Gasteiger partial charge in [-0.3, -0.25) is 9.59 Å². The summed E-state index contributed by atoms with van der Waals surface area (Å²) >= 11 is 5.95. The van der Waals surface area contributed by atoms with E-state index in [1.54, 1.807) is 24.2 Å². The van der Waals surface area contributed by atoms with E-state index in [4.69, 9.17) is 9.47 Å². The summed E-state index contributed by atoms with van der Waals surface area (Å²) in [5, 5.41) is 6.17. The topological polar surface area (TPSA) is 132 Å². The van der Waals surface area contributed by atoms with E-state index in [0.717, 1.165) is 36.5 Å². The molecular weight excluding hydrogens is 863 g/mol. The molecule has 2 aliphatic heterocycles. The SMILES string of the molecule is COC(=O)/C(=C\N(C)C)Sc1cc(C)ccc1C.COC(=O)C1=CNc2ccc(C)cc2S1.COC(=O)C1CNc2ccc(C)cc2S1.COC(=O)CSc1cc(C)ccc1C. The molecule has 2 N–H and O–H groups in total. The van der Waals surface area contributed by atoms with Crippen LogP contribution in [0, 0.1) is 41.5 Å². The van der Waals surface area contributed by atoms with Gasteiger partial charge < -0.3 is 34.5 Å². The van der Waals surface area contributed by atoms with Crippen LogP contribution >= 0.6 is 47.0 Å². The first kappa shape index (κ1) is 51.4. The van der Waals surface area contributed by atoms with E-state index in [2.05, 4.69) is 68.6 Å². The molecule has 0 saturated heterocycles. The van der Waals surface area contributed by atoms with E-state index in [1.807, 2.05) is 84.8 Å². The van der Waals surface area contributed by atoms with Crippen molar-refractivity contribution < 1.29 is 38.1 Å². The third-order valence-corrected chi connectivity index (χ3v) is 13.3. The van der Waals surface area contributed by atoms with Crippen LogP contribution in [-0.4, -0.2) is 88.9 Å². The summed E-state index contributed by atoms with van der Waals surface area (Å²) in [4.78, 5) is 52.7. The minimum Gasteiger partial charge on any atom is -0.468 e. The molecule has 0 aliphatic carbocycles. The number of ether oxygens (including phenoxy) is 4. The maximum Gasteiger partial charge on any atom is 0.346 e. The molecule has 0 fully saturated rings. The van der Waals surface area contributed by atoms with Crippen LogP contribution < -0.4 is 10.6 Å². The summed E-state index contributed by atoms with van der Waals surface area (Å²) in [6.07, 6.45) is 3.45. The van der Waals surface area contributed by atoms with Crippen molar-refractivity contribution in [3.05, 3.63) is 128 Å². The van der Waals surface area contributed by atoms with Gasteiger partial charge in [0.25, 0.3) is 0 Å². The van der Waals surface area contributed by atoms with Crippen molar-refractivity contribution in [2.75, 3.05) is 65.5 Å². The molecule has 6 rings (SSSR count). The van der Waals surface area contributed by atoms with Crippen LogP contribution in [0.25, 0.3) is 0 Å². The molecule has 1 atom stereocenters. The van der Waals surface area contributed by atoms with Crippen molar-refractivity contribution in [1.82, 2.24) is 4.90 Å². The van der Waals surface area contributed by atoms with Crippen LogP contribution in [-0.2, 0) is 38.1 Å². The smallest absolute Gasteiger partial charge is 0.346 e. The van der Waals surface area contributed by atoms with Crippen LogP contribution in [0.5, 0.6) is 0 Å². The number of carbonyl (C=O) groups is 4. The molecule has 0 bridgehead atoms. The van der Waals surface area contributed by atoms with Gasteiger partial charge in [-0.15, -0.1) is 23.5 Å². The number of benzene rings is 4. The lowest BCUT2D eigenvalue weighted by molar-refractivity contribution is -0.140. The number of nitrogens with zero attached hydrogens (tertiary/aromatic N) is 1. The number of esters is 4. The van der Waals surface area contributed by atoms with Gasteiger partial charge in [-0.05, 0) is 106 Å². The predicted octanol–water partition coefficient (Wildman–Crippen LogP) is 10.1. The monoisotopic (exact) mass is 919 g/mol. The Hall–Kier alpha value is -4.96. The van der Waals surface area contributed by atoms with Crippen molar-refractivity contribution in [3.63, 3.8) is 0 Å². The second kappa shape index (κ2) is 25.8. The van der Waals surface area contributed by atoms with Crippen molar-refractivity contribution in [3.8, 4) is 0 Å². The standard InChI is InChI=1S/C14H19NO2S.C11H13NO2S.C11H11NO2S.C11H14O2S/c1-10-6-7-11(2)12(8-10)18-13(9-15(3)4)14(16)17-5;2*1-7-3-4-8-9(5-7)15-10(6-12-8)11(13)14-2;1-8-4-5-9(2)10(6-8)14-7-11(12)13-3/h6-9H,1-5H3;3-5,10,12H,6H2,1-2H3;3-6,12H,1-2H3;4-6H,7H2,1-3H3/b13-9+;;;. The van der Waals surface area contributed by atoms with Gasteiger partial charge in [0.15, 0.2) is 0 Å². The molecule has 0 amide bonds. The lowest BCUT2D eigenvalue weighted by Gasteiger charge is -2.23. The van der Waals surface area contributed by atoms with Gasteiger partial charge in [-0.25, -0.2) is 9.59 Å². The summed E-state index contributed by atoms with van der Waals surface area (Å²) in [5.41, 5.74) is 9.25. The lowest BCUT2D eigenvalue weighted by Crippen LogP contribution is -2.30. The Balaban J connectivity index is 0.000000221. The van der Waals surface area contributed by atoms with Crippen LogP contribution in [0.4, 0.5) is 11.4 Å². The van der Waals surface area contributed by atoms with Gasteiger partial charge in [0.05, 0.1) is 39.9 Å². The van der Waals surface area contributed by atoms with E-state index in [1.165, 1.54) is 91.5 Å². The van der Waals surface area contributed by atoms with Gasteiger partial charge in [0, 0.05) is 58.3 Å². The minimum absolute atomic E-state index is 0.135. The first-order valence-electron chi connectivity index (χ1n) is 19.4. The fourth-order valence-electron chi connectivity index (χ4n) is 5.31. The number of nitrogens with one attached hydrogen (secondary N) is 2. The maximum atomic E-state index is 11.7. The first-order chi connectivity index (χ1) is 29.5. The summed E-state index contributed by atoms with van der Waals surface area (Å²) in [7, 11) is 9.38. The zero-order valence-electron chi connectivity index (χ0n) is 37.4. The molecule has 2 heterocycles. The molecule has 4 aromatic carbocycles. The summed E-state index contributed by atoms with van der Waals surface area (Å²) in [6.45, 7) is 12.9. The Bertz CT molecular complexity index is 2260. The average molecular weight is 920 g/mol. The second-order valence-corrected chi connectivity index (χ2v) is 18.6. The van der Waals surface area contributed by atoms with Gasteiger partial charge in [0.1, 0.15) is 15.1 Å². The Kier molecular flexibility index (Phi) is 21.4. The fourth-order valence-corrected chi connectivity index (χ4v) is 9.60. The number of methoxy groups -OCH3 is 4. The third-order valence-electron chi connectivity index (χ3n) is 8.69. The quantitative estimate of drug-likeness (QED) is 0.0714. The Morgan fingerprint density at radius 1 is 0.710 bits per heavy atom. The number of rotatable bonds is 9. The highest BCUT2D eigenvalue weighted by Crippen LogP contribution is 2.38. The number of fused-ring (bicyclic) bond motifs is 2. The van der Waals surface area contributed by atoms with Gasteiger partial charge in [0.2, 0.25) is 0 Å². The largest absolute Gasteiger partial charge is 0.468 e. The molecule has 2 aliphatic rings. The molecule has 332 valence electrons. The molecule has 62 heavy (non-hydrogen) atoms. The Morgan fingerprint density at radius 2 is 1.27 bits per heavy atom. The molecule has 0 saturated carbocycles. The Labute approximate surface area is 383 Å². The molecule has 0 spiro atoms. The molecule has 4 aromatic rings. The predicted molar refractivity (Wildman–Crippen MR) is 256 cm³/mol. The van der Waals surface area contributed by atoms with E-state index in [9.17, 15) is 19.2 Å². The summed E-state index contributed by atoms with van der Waals surface area (Å²) in [6, 6.07) is 24.7. The van der Waals surface area contributed by atoms with Crippen molar-refractivity contribution in [2.24, 2.45) is 0 Å². The zero-order chi connectivity index (χ0) is 45.9. The number of carbonyl (C=O) groups excluding carboxylic acids is 4. The van der Waals surface area contributed by atoms with E-state index in [0.29, 0.717) is 22.1 Å². The molecule has 0 aromatic heterocycles. The second-order valence-electron chi connectivity index (χ2n) is 14.2. The summed E-state index contributed by atoms with van der Waals surface area (Å²) in [5.74, 6) is -0.592. The number of anilines is 2. The summed E-state index contributed by atoms with van der Waals surface area (Å²) < 4.78 is 18.8. The van der Waals surface area contributed by atoms with Crippen molar-refractivity contribution in [2.45, 2.75) is 66.4 Å². The van der Waals surface area contributed by atoms with Crippen LogP contribution in [0.3, 0.4) is 0 Å². The Morgan fingerprint density at radius 3 is 1.85 bits per heavy atom. The minimum atomic E-state index is -0.311. The van der Waals surface area contributed by atoms with E-state index < -0.39 is 0 Å². The molecule has 0 radical (unpaired) electrons. The maximum absolute atomic E-state index is 11.7. The van der Waals surface area contributed by atoms with Crippen molar-refractivity contribution >= 4 is 82.3 Å². The molecule has 15 heteroatoms. The van der Waals surface area contributed by atoms with Crippen LogP contribution in [0.1, 0.15) is 33.4 Å². The van der Waals surface area contributed by atoms with Gasteiger partial charge in [-0.2, -0.15) is 0 Å².